The van der Waals surface area contributed by atoms with E-state index in [1.807, 2.05) is 39.8 Å². The molecule has 10 heteroatoms. The van der Waals surface area contributed by atoms with Crippen LogP contribution in [0.1, 0.15) is 30.9 Å². The first-order chi connectivity index (χ1) is 15.0. The number of carbonyl (C=O) groups excluding carboxylic acids is 1. The number of alkyl halides is 3. The van der Waals surface area contributed by atoms with Gasteiger partial charge in [0, 0.05) is 35.2 Å². The van der Waals surface area contributed by atoms with Gasteiger partial charge in [-0.15, -0.1) is 18.3 Å². The molecule has 32 heavy (non-hydrogen) atoms. The Morgan fingerprint density at radius 2 is 1.81 bits per heavy atom. The van der Waals surface area contributed by atoms with Gasteiger partial charge in [0.1, 0.15) is 5.75 Å². The van der Waals surface area contributed by atoms with E-state index in [-0.39, 0.29) is 24.1 Å². The van der Waals surface area contributed by atoms with Crippen molar-refractivity contribution < 1.29 is 22.7 Å². The fourth-order valence-electron chi connectivity index (χ4n) is 3.22. The Balaban J connectivity index is 1.93. The number of nitrogens with zero attached hydrogens (tertiary/aromatic N) is 3. The molecule has 0 aliphatic carbocycles. The number of nitrogens with one attached hydrogen (secondary N) is 2. The molecule has 0 atom stereocenters. The summed E-state index contributed by atoms with van der Waals surface area (Å²) >= 11 is 0. The van der Waals surface area contributed by atoms with Crippen LogP contribution in [0.3, 0.4) is 0 Å². The Kier molecular flexibility index (Phi) is 6.71. The third kappa shape index (κ3) is 6.47. The molecule has 7 nitrogen and oxygen atoms in total. The van der Waals surface area contributed by atoms with Gasteiger partial charge in [-0.05, 0) is 52.0 Å². The van der Waals surface area contributed by atoms with Crippen LogP contribution in [0.5, 0.6) is 5.75 Å². The van der Waals surface area contributed by atoms with Crippen LogP contribution in [0.4, 0.5) is 24.7 Å². The van der Waals surface area contributed by atoms with Crippen molar-refractivity contribution >= 4 is 17.4 Å². The summed E-state index contributed by atoms with van der Waals surface area (Å²) in [4.78, 5) is 16.7. The monoisotopic (exact) mass is 447 g/mol. The Morgan fingerprint density at radius 1 is 1.12 bits per heavy atom. The zero-order valence-electron chi connectivity index (χ0n) is 18.1. The van der Waals surface area contributed by atoms with Crippen molar-refractivity contribution in [1.29, 1.82) is 0 Å². The number of halogens is 3. The quantitative estimate of drug-likeness (QED) is 0.554. The average molecular weight is 447 g/mol. The van der Waals surface area contributed by atoms with Crippen LogP contribution in [-0.4, -0.2) is 33.1 Å². The number of benzene rings is 1. The number of aromatic nitrogens is 3. The van der Waals surface area contributed by atoms with Crippen LogP contribution < -0.4 is 15.4 Å². The molecule has 0 fully saturated rings. The molecule has 3 rings (SSSR count). The molecular formula is C22H24F3N5O2. The zero-order valence-corrected chi connectivity index (χ0v) is 18.1. The molecule has 0 spiro atoms. The Morgan fingerprint density at radius 3 is 2.44 bits per heavy atom. The van der Waals surface area contributed by atoms with Gasteiger partial charge in [0.25, 0.3) is 0 Å². The number of ether oxygens (including phenoxy) is 1. The highest BCUT2D eigenvalue weighted by Crippen LogP contribution is 2.27. The second-order valence-corrected chi connectivity index (χ2v) is 7.64. The fraction of sp³-hybridized carbons (Fsp3) is 0.318. The molecule has 0 aliphatic heterocycles. The highest BCUT2D eigenvalue weighted by Gasteiger charge is 2.31. The summed E-state index contributed by atoms with van der Waals surface area (Å²) in [6.07, 6.45) is -4.71. The van der Waals surface area contributed by atoms with Crippen LogP contribution in [-0.2, 0) is 11.2 Å². The first-order valence-corrected chi connectivity index (χ1v) is 9.95. The molecule has 3 aromatic rings. The number of amides is 1. The van der Waals surface area contributed by atoms with E-state index in [9.17, 15) is 18.0 Å². The van der Waals surface area contributed by atoms with Crippen molar-refractivity contribution in [2.24, 2.45) is 0 Å². The largest absolute Gasteiger partial charge is 0.573 e. The molecule has 2 aromatic heterocycles. The maximum atomic E-state index is 12.5. The van der Waals surface area contributed by atoms with Gasteiger partial charge in [-0.2, -0.15) is 0 Å². The van der Waals surface area contributed by atoms with E-state index in [1.165, 1.54) is 18.2 Å². The van der Waals surface area contributed by atoms with Crippen LogP contribution in [0, 0.1) is 13.8 Å². The van der Waals surface area contributed by atoms with Crippen molar-refractivity contribution in [1.82, 2.24) is 20.1 Å². The minimum absolute atomic E-state index is 0.0155. The third-order valence-corrected chi connectivity index (χ3v) is 4.23. The number of carbonyl (C=O) groups is 1. The standard InChI is InChI=1S/C22H24F3N5O2/c1-13(2)26-21(31)12-18-11-20(29-30(18)17-8-14(3)27-15(4)9-17)28-16-6-5-7-19(10-16)32-22(23,24)25/h5-11,13H,12H2,1-4H3,(H,26,31)(H,28,29). The highest BCUT2D eigenvalue weighted by atomic mass is 19.4. The van der Waals surface area contributed by atoms with Crippen LogP contribution in [0.25, 0.3) is 5.69 Å². The highest BCUT2D eigenvalue weighted by molar-refractivity contribution is 5.79. The lowest BCUT2D eigenvalue weighted by Gasteiger charge is -2.11. The molecule has 2 N–H and O–H groups in total. The van der Waals surface area contributed by atoms with Gasteiger partial charge in [-0.3, -0.25) is 9.78 Å². The Bertz CT molecular complexity index is 1090. The van der Waals surface area contributed by atoms with Gasteiger partial charge in [0.15, 0.2) is 5.82 Å². The van der Waals surface area contributed by atoms with Crippen LogP contribution in [0.15, 0.2) is 42.5 Å². The summed E-state index contributed by atoms with van der Waals surface area (Å²) in [5.41, 5.74) is 3.28. The van der Waals surface area contributed by atoms with Gasteiger partial charge in [0.2, 0.25) is 5.91 Å². The molecule has 1 aromatic carbocycles. The zero-order chi connectivity index (χ0) is 23.5. The van der Waals surface area contributed by atoms with E-state index in [0.717, 1.165) is 17.1 Å². The van der Waals surface area contributed by atoms with E-state index in [2.05, 4.69) is 25.5 Å². The summed E-state index contributed by atoms with van der Waals surface area (Å²) in [5.74, 6) is -0.150. The van der Waals surface area contributed by atoms with Gasteiger partial charge >= 0.3 is 6.36 Å². The van der Waals surface area contributed by atoms with Crippen LogP contribution >= 0.6 is 0 Å². The van der Waals surface area contributed by atoms with Gasteiger partial charge in [-0.1, -0.05) is 6.07 Å². The number of hydrogen-bond acceptors (Lipinski definition) is 5. The summed E-state index contributed by atoms with van der Waals surface area (Å²) in [5, 5.41) is 10.4. The van der Waals surface area contributed by atoms with Gasteiger partial charge in [0.05, 0.1) is 17.8 Å². The second kappa shape index (κ2) is 9.29. The van der Waals surface area contributed by atoms with E-state index in [0.29, 0.717) is 17.2 Å². The summed E-state index contributed by atoms with van der Waals surface area (Å²) in [6, 6.07) is 10.8. The summed E-state index contributed by atoms with van der Waals surface area (Å²) < 4.78 is 43.2. The first kappa shape index (κ1) is 23.1. The number of aryl methyl sites for hydroxylation is 2. The number of rotatable bonds is 7. The minimum Gasteiger partial charge on any atom is -0.406 e. The third-order valence-electron chi connectivity index (χ3n) is 4.23. The lowest BCUT2D eigenvalue weighted by Crippen LogP contribution is -2.31. The number of pyridine rings is 1. The van der Waals surface area contributed by atoms with Gasteiger partial charge in [-0.25, -0.2) is 4.68 Å². The lowest BCUT2D eigenvalue weighted by molar-refractivity contribution is -0.274. The molecule has 0 radical (unpaired) electrons. The average Bonchev–Trinajstić information content (AvgIpc) is 3.01. The van der Waals surface area contributed by atoms with Crippen molar-refractivity contribution in [3.05, 3.63) is 59.5 Å². The molecule has 0 saturated heterocycles. The number of anilines is 2. The first-order valence-electron chi connectivity index (χ1n) is 9.95. The SMILES string of the molecule is Cc1cc(-n2nc(Nc3cccc(OC(F)(F)F)c3)cc2CC(=O)NC(C)C)cc(C)n1. The van der Waals surface area contributed by atoms with E-state index in [4.69, 9.17) is 0 Å². The molecular weight excluding hydrogens is 423 g/mol. The van der Waals surface area contributed by atoms with Crippen LogP contribution in [0.2, 0.25) is 0 Å². The van der Waals surface area contributed by atoms with E-state index < -0.39 is 6.36 Å². The second-order valence-electron chi connectivity index (χ2n) is 7.64. The normalized spacial score (nSPS) is 11.5. The summed E-state index contributed by atoms with van der Waals surface area (Å²) in [7, 11) is 0. The molecule has 0 aliphatic rings. The predicted octanol–water partition coefficient (Wildman–Crippen LogP) is 4.59. The lowest BCUT2D eigenvalue weighted by atomic mass is 10.2. The summed E-state index contributed by atoms with van der Waals surface area (Å²) in [6.45, 7) is 7.45. The predicted molar refractivity (Wildman–Crippen MR) is 114 cm³/mol. The molecule has 1 amide bonds. The molecule has 0 unspecified atom stereocenters. The van der Waals surface area contributed by atoms with E-state index in [1.54, 1.807) is 16.8 Å². The maximum Gasteiger partial charge on any atom is 0.573 e. The molecule has 0 saturated carbocycles. The smallest absolute Gasteiger partial charge is 0.406 e. The number of hydrogen-bond donors (Lipinski definition) is 2. The minimum atomic E-state index is -4.78. The topological polar surface area (TPSA) is 81.1 Å². The Labute approximate surface area is 183 Å². The van der Waals surface area contributed by atoms with Crippen molar-refractivity contribution in [2.45, 2.75) is 46.5 Å². The maximum absolute atomic E-state index is 12.5. The van der Waals surface area contributed by atoms with Crippen molar-refractivity contribution in [3.8, 4) is 11.4 Å². The van der Waals surface area contributed by atoms with Crippen molar-refractivity contribution in [2.75, 3.05) is 5.32 Å². The molecule has 170 valence electrons. The van der Waals surface area contributed by atoms with Crippen molar-refractivity contribution in [3.63, 3.8) is 0 Å². The fourth-order valence-corrected chi connectivity index (χ4v) is 3.22. The van der Waals surface area contributed by atoms with Gasteiger partial charge < -0.3 is 15.4 Å². The Hall–Kier alpha value is -3.56. The van der Waals surface area contributed by atoms with E-state index >= 15 is 0 Å². The molecule has 0 bridgehead atoms. The molecule has 2 heterocycles.